The molecular weight excluding hydrogens is 204 g/mol. The van der Waals surface area contributed by atoms with Crippen molar-refractivity contribution in [1.29, 1.82) is 0 Å². The molecule has 14 heavy (non-hydrogen) atoms. The lowest BCUT2D eigenvalue weighted by Gasteiger charge is -2.09. The molecule has 0 aliphatic carbocycles. The van der Waals surface area contributed by atoms with Crippen LogP contribution in [0, 0.1) is 0 Å². The number of hydrogen-bond donors (Lipinski definition) is 3. The second-order valence-corrected chi connectivity index (χ2v) is 3.28. The average molecular weight is 215 g/mol. The van der Waals surface area contributed by atoms with Crippen molar-refractivity contribution in [1.82, 2.24) is 5.43 Å². The Kier molecular flexibility index (Phi) is 3.88. The molecule has 1 rings (SSSR count). The van der Waals surface area contributed by atoms with Crippen LogP contribution in [-0.4, -0.2) is 11.0 Å². The number of carbonyl (C=O) groups excluding carboxylic acids is 1. The minimum absolute atomic E-state index is 0.0574. The first-order valence-corrected chi connectivity index (χ1v) is 4.44. The van der Waals surface area contributed by atoms with Crippen LogP contribution in [0.15, 0.2) is 24.3 Å². The summed E-state index contributed by atoms with van der Waals surface area (Å²) in [5, 5.41) is 10.1. The molecular formula is C9H11ClN2O2. The molecule has 0 heterocycles. The van der Waals surface area contributed by atoms with Gasteiger partial charge in [-0.1, -0.05) is 23.7 Å². The van der Waals surface area contributed by atoms with Gasteiger partial charge in [-0.05, 0) is 17.7 Å². The quantitative estimate of drug-likeness (QED) is 0.395. The van der Waals surface area contributed by atoms with Crippen LogP contribution >= 0.6 is 11.6 Å². The Morgan fingerprint density at radius 1 is 1.50 bits per heavy atom. The summed E-state index contributed by atoms with van der Waals surface area (Å²) in [6.45, 7) is 0. The minimum Gasteiger partial charge on any atom is -0.388 e. The van der Waals surface area contributed by atoms with Crippen LogP contribution in [0.3, 0.4) is 0 Å². The second-order valence-electron chi connectivity index (χ2n) is 2.84. The highest BCUT2D eigenvalue weighted by atomic mass is 35.5. The third-order valence-electron chi connectivity index (χ3n) is 1.79. The fourth-order valence-corrected chi connectivity index (χ4v) is 1.16. The molecule has 1 atom stereocenters. The predicted molar refractivity (Wildman–Crippen MR) is 53.4 cm³/mol. The maximum atomic E-state index is 10.8. The van der Waals surface area contributed by atoms with Gasteiger partial charge < -0.3 is 5.11 Å². The van der Waals surface area contributed by atoms with E-state index in [0.29, 0.717) is 10.6 Å². The van der Waals surface area contributed by atoms with Crippen LogP contribution in [0.25, 0.3) is 0 Å². The number of halogens is 1. The lowest BCUT2D eigenvalue weighted by molar-refractivity contribution is -0.123. The van der Waals surface area contributed by atoms with Gasteiger partial charge in [0.2, 0.25) is 5.91 Å². The fourth-order valence-electron chi connectivity index (χ4n) is 1.04. The largest absolute Gasteiger partial charge is 0.388 e. The number of carbonyl (C=O) groups is 1. The van der Waals surface area contributed by atoms with Crippen molar-refractivity contribution >= 4 is 17.5 Å². The topological polar surface area (TPSA) is 75.3 Å². The Labute approximate surface area is 86.6 Å². The highest BCUT2D eigenvalue weighted by Gasteiger charge is 2.11. The number of nitrogens with one attached hydrogen (secondary N) is 1. The molecule has 0 fully saturated rings. The highest BCUT2D eigenvalue weighted by molar-refractivity contribution is 6.30. The lowest BCUT2D eigenvalue weighted by Crippen LogP contribution is -2.31. The summed E-state index contributed by atoms with van der Waals surface area (Å²) in [5.74, 6) is 4.48. The molecule has 0 aliphatic heterocycles. The van der Waals surface area contributed by atoms with E-state index in [2.05, 4.69) is 0 Å². The average Bonchev–Trinajstić information content (AvgIpc) is 2.18. The number of nitrogens with two attached hydrogens (primary N) is 1. The van der Waals surface area contributed by atoms with Crippen LogP contribution in [0.1, 0.15) is 18.1 Å². The summed E-state index contributed by atoms with van der Waals surface area (Å²) in [6, 6.07) is 6.63. The van der Waals surface area contributed by atoms with Gasteiger partial charge in [0.25, 0.3) is 0 Å². The van der Waals surface area contributed by atoms with Crippen molar-refractivity contribution in [3.63, 3.8) is 0 Å². The molecule has 1 unspecified atom stereocenters. The van der Waals surface area contributed by atoms with Crippen molar-refractivity contribution in [2.24, 2.45) is 5.84 Å². The number of hydrogen-bond acceptors (Lipinski definition) is 3. The van der Waals surface area contributed by atoms with Crippen molar-refractivity contribution < 1.29 is 9.90 Å². The molecule has 1 aromatic rings. The number of hydrazine groups is 1. The number of benzene rings is 1. The first-order chi connectivity index (χ1) is 6.63. The molecule has 5 heteroatoms. The smallest absolute Gasteiger partial charge is 0.236 e. The molecule has 76 valence electrons. The Hall–Kier alpha value is -1.10. The molecule has 1 amide bonds. The normalized spacial score (nSPS) is 12.2. The van der Waals surface area contributed by atoms with Crippen LogP contribution < -0.4 is 11.3 Å². The molecule has 0 spiro atoms. The first kappa shape index (κ1) is 11.0. The number of aliphatic hydroxyl groups excluding tert-OH is 1. The maximum Gasteiger partial charge on any atom is 0.236 e. The van der Waals surface area contributed by atoms with Gasteiger partial charge >= 0.3 is 0 Å². The zero-order valence-electron chi connectivity index (χ0n) is 7.40. The monoisotopic (exact) mass is 214 g/mol. The molecule has 4 N–H and O–H groups in total. The van der Waals surface area contributed by atoms with Gasteiger partial charge in [-0.15, -0.1) is 0 Å². The van der Waals surface area contributed by atoms with Crippen LogP contribution in [0.4, 0.5) is 0 Å². The van der Waals surface area contributed by atoms with E-state index in [-0.39, 0.29) is 6.42 Å². The van der Waals surface area contributed by atoms with Crippen LogP contribution in [-0.2, 0) is 4.79 Å². The first-order valence-electron chi connectivity index (χ1n) is 4.06. The molecule has 0 saturated carbocycles. The standard InChI is InChI=1S/C9H11ClN2O2/c10-7-3-1-6(2-4-7)8(13)5-9(14)12-11/h1-4,8,13H,5,11H2,(H,12,14). The van der Waals surface area contributed by atoms with Gasteiger partial charge in [0, 0.05) is 5.02 Å². The molecule has 0 aromatic heterocycles. The van der Waals surface area contributed by atoms with E-state index in [1.807, 2.05) is 5.43 Å². The van der Waals surface area contributed by atoms with E-state index < -0.39 is 12.0 Å². The summed E-state index contributed by atoms with van der Waals surface area (Å²) >= 11 is 5.67. The summed E-state index contributed by atoms with van der Waals surface area (Å²) in [7, 11) is 0. The number of amides is 1. The summed E-state index contributed by atoms with van der Waals surface area (Å²) in [6.07, 6.45) is -0.909. The summed E-state index contributed by atoms with van der Waals surface area (Å²) < 4.78 is 0. The molecule has 0 bridgehead atoms. The lowest BCUT2D eigenvalue weighted by atomic mass is 10.1. The van der Waals surface area contributed by atoms with E-state index in [4.69, 9.17) is 17.4 Å². The van der Waals surface area contributed by atoms with Crippen molar-refractivity contribution in [2.45, 2.75) is 12.5 Å². The predicted octanol–water partition coefficient (Wildman–Crippen LogP) is 0.753. The Morgan fingerprint density at radius 3 is 2.57 bits per heavy atom. The van der Waals surface area contributed by atoms with Gasteiger partial charge in [0.05, 0.1) is 12.5 Å². The number of aliphatic hydroxyl groups is 1. The van der Waals surface area contributed by atoms with Crippen LogP contribution in [0.5, 0.6) is 0 Å². The third kappa shape index (κ3) is 2.99. The zero-order chi connectivity index (χ0) is 10.6. The molecule has 1 aromatic carbocycles. The van der Waals surface area contributed by atoms with E-state index in [1.54, 1.807) is 24.3 Å². The summed E-state index contributed by atoms with van der Waals surface area (Å²) in [4.78, 5) is 10.8. The van der Waals surface area contributed by atoms with E-state index in [1.165, 1.54) is 0 Å². The molecule has 4 nitrogen and oxygen atoms in total. The minimum atomic E-state index is -0.851. The van der Waals surface area contributed by atoms with Gasteiger partial charge in [-0.2, -0.15) is 0 Å². The van der Waals surface area contributed by atoms with Gasteiger partial charge in [0.1, 0.15) is 0 Å². The second kappa shape index (κ2) is 4.95. The molecule has 0 saturated heterocycles. The SMILES string of the molecule is NNC(=O)CC(O)c1ccc(Cl)cc1. The van der Waals surface area contributed by atoms with Crippen molar-refractivity contribution in [2.75, 3.05) is 0 Å². The molecule has 0 radical (unpaired) electrons. The zero-order valence-corrected chi connectivity index (χ0v) is 8.16. The fraction of sp³-hybridized carbons (Fsp3) is 0.222. The number of rotatable bonds is 3. The third-order valence-corrected chi connectivity index (χ3v) is 2.05. The highest BCUT2D eigenvalue weighted by Crippen LogP contribution is 2.18. The van der Waals surface area contributed by atoms with Crippen LogP contribution in [0.2, 0.25) is 5.02 Å². The van der Waals surface area contributed by atoms with Crippen molar-refractivity contribution in [3.8, 4) is 0 Å². The maximum absolute atomic E-state index is 10.8. The Bertz CT molecular complexity index is 313. The Balaban J connectivity index is 2.65. The van der Waals surface area contributed by atoms with E-state index >= 15 is 0 Å². The summed E-state index contributed by atoms with van der Waals surface area (Å²) in [5.41, 5.74) is 2.59. The van der Waals surface area contributed by atoms with Gasteiger partial charge in [-0.25, -0.2) is 5.84 Å². The molecule has 0 aliphatic rings. The van der Waals surface area contributed by atoms with Crippen molar-refractivity contribution in [3.05, 3.63) is 34.9 Å². The van der Waals surface area contributed by atoms with Gasteiger partial charge in [0.15, 0.2) is 0 Å². The van der Waals surface area contributed by atoms with E-state index in [0.717, 1.165) is 0 Å². The van der Waals surface area contributed by atoms with E-state index in [9.17, 15) is 9.90 Å². The van der Waals surface area contributed by atoms with Gasteiger partial charge in [-0.3, -0.25) is 10.2 Å². The Morgan fingerprint density at radius 2 is 2.07 bits per heavy atom.